The molecule has 0 saturated carbocycles. The molecule has 0 fully saturated rings. The summed E-state index contributed by atoms with van der Waals surface area (Å²) in [5.74, 6) is 1.09. The number of hydrogen-bond donors (Lipinski definition) is 1. The van der Waals surface area contributed by atoms with Crippen molar-refractivity contribution in [2.75, 3.05) is 0 Å². The van der Waals surface area contributed by atoms with Crippen LogP contribution in [0.15, 0.2) is 18.2 Å². The summed E-state index contributed by atoms with van der Waals surface area (Å²) in [6.45, 7) is 15.6. The van der Waals surface area contributed by atoms with E-state index in [1.54, 1.807) is 0 Å². The first-order valence-electron chi connectivity index (χ1n) is 7.04. The number of rotatable bonds is 3. The maximum atomic E-state index is 6.44. The van der Waals surface area contributed by atoms with E-state index >= 15 is 0 Å². The van der Waals surface area contributed by atoms with E-state index in [0.29, 0.717) is 11.8 Å². The van der Waals surface area contributed by atoms with Gasteiger partial charge >= 0.3 is 0 Å². The number of benzene rings is 1. The van der Waals surface area contributed by atoms with Gasteiger partial charge in [0.15, 0.2) is 0 Å². The molecule has 0 aliphatic heterocycles. The fourth-order valence-electron chi connectivity index (χ4n) is 2.20. The molecule has 18 heavy (non-hydrogen) atoms. The van der Waals surface area contributed by atoms with Gasteiger partial charge in [0.25, 0.3) is 0 Å². The molecule has 0 aromatic heterocycles. The average Bonchev–Trinajstić information content (AvgIpc) is 2.25. The zero-order valence-corrected chi connectivity index (χ0v) is 13.0. The van der Waals surface area contributed by atoms with Gasteiger partial charge in [-0.1, -0.05) is 66.7 Å². The van der Waals surface area contributed by atoms with Gasteiger partial charge in [0.2, 0.25) is 0 Å². The Morgan fingerprint density at radius 1 is 0.889 bits per heavy atom. The molecule has 0 bridgehead atoms. The molecule has 1 nitrogen and oxygen atoms in total. The van der Waals surface area contributed by atoms with Crippen molar-refractivity contribution in [3.63, 3.8) is 0 Å². The fourth-order valence-corrected chi connectivity index (χ4v) is 2.20. The second-order valence-electron chi connectivity index (χ2n) is 7.04. The molecule has 1 heteroatoms. The normalized spacial score (nSPS) is 14.3. The third kappa shape index (κ3) is 3.35. The van der Waals surface area contributed by atoms with E-state index in [1.807, 2.05) is 0 Å². The van der Waals surface area contributed by atoms with Crippen molar-refractivity contribution >= 4 is 0 Å². The molecule has 1 unspecified atom stereocenters. The smallest absolute Gasteiger partial charge is 0.0346 e. The first-order chi connectivity index (χ1) is 8.14. The summed E-state index contributed by atoms with van der Waals surface area (Å²) in [6, 6.07) is 6.91. The standard InChI is InChI=1S/C17H29N/c1-11(2)13-8-9-14(15(10-13)12(3)4)16(18)17(5,6)7/h8-12,16H,18H2,1-7H3. The molecule has 0 saturated heterocycles. The lowest BCUT2D eigenvalue weighted by Gasteiger charge is -2.30. The van der Waals surface area contributed by atoms with Crippen LogP contribution >= 0.6 is 0 Å². The number of hydrogen-bond acceptors (Lipinski definition) is 1. The zero-order chi connectivity index (χ0) is 14.1. The molecule has 0 spiro atoms. The van der Waals surface area contributed by atoms with E-state index in [9.17, 15) is 0 Å². The molecular formula is C17H29N. The summed E-state index contributed by atoms with van der Waals surface area (Å²) < 4.78 is 0. The van der Waals surface area contributed by atoms with Crippen LogP contribution in [0.2, 0.25) is 0 Å². The summed E-state index contributed by atoms with van der Waals surface area (Å²) in [5, 5.41) is 0. The first-order valence-corrected chi connectivity index (χ1v) is 7.04. The van der Waals surface area contributed by atoms with Gasteiger partial charge in [-0.3, -0.25) is 0 Å². The number of nitrogens with two attached hydrogens (primary N) is 1. The molecule has 0 heterocycles. The Balaban J connectivity index is 3.28. The summed E-state index contributed by atoms with van der Waals surface area (Å²) in [7, 11) is 0. The summed E-state index contributed by atoms with van der Waals surface area (Å²) >= 11 is 0. The van der Waals surface area contributed by atoms with E-state index in [1.165, 1.54) is 16.7 Å². The van der Waals surface area contributed by atoms with Crippen molar-refractivity contribution < 1.29 is 0 Å². The lowest BCUT2D eigenvalue weighted by molar-refractivity contribution is 0.325. The van der Waals surface area contributed by atoms with Crippen LogP contribution in [0, 0.1) is 5.41 Å². The van der Waals surface area contributed by atoms with Gasteiger partial charge in [0.1, 0.15) is 0 Å². The molecule has 1 aromatic rings. The third-order valence-electron chi connectivity index (χ3n) is 3.67. The van der Waals surface area contributed by atoms with Gasteiger partial charge in [-0.05, 0) is 33.9 Å². The lowest BCUT2D eigenvalue weighted by atomic mass is 9.78. The molecule has 0 amide bonds. The Morgan fingerprint density at radius 2 is 1.44 bits per heavy atom. The second kappa shape index (κ2) is 5.44. The van der Waals surface area contributed by atoms with Crippen LogP contribution in [0.4, 0.5) is 0 Å². The highest BCUT2D eigenvalue weighted by atomic mass is 14.7. The predicted molar refractivity (Wildman–Crippen MR) is 81.0 cm³/mol. The Kier molecular flexibility index (Phi) is 4.61. The minimum Gasteiger partial charge on any atom is -0.324 e. The molecule has 0 aliphatic carbocycles. The van der Waals surface area contributed by atoms with E-state index in [4.69, 9.17) is 5.73 Å². The highest BCUT2D eigenvalue weighted by molar-refractivity contribution is 5.38. The monoisotopic (exact) mass is 247 g/mol. The van der Waals surface area contributed by atoms with Crippen LogP contribution in [0.25, 0.3) is 0 Å². The van der Waals surface area contributed by atoms with Crippen molar-refractivity contribution in [3.05, 3.63) is 34.9 Å². The summed E-state index contributed by atoms with van der Waals surface area (Å²) in [4.78, 5) is 0. The summed E-state index contributed by atoms with van der Waals surface area (Å²) in [6.07, 6.45) is 0. The minimum absolute atomic E-state index is 0.0936. The van der Waals surface area contributed by atoms with Crippen molar-refractivity contribution in [1.29, 1.82) is 0 Å². The van der Waals surface area contributed by atoms with Crippen LogP contribution in [0.3, 0.4) is 0 Å². The average molecular weight is 247 g/mol. The molecule has 102 valence electrons. The maximum absolute atomic E-state index is 6.44. The summed E-state index contributed by atoms with van der Waals surface area (Å²) in [5.41, 5.74) is 10.7. The van der Waals surface area contributed by atoms with Crippen LogP contribution in [-0.2, 0) is 0 Å². The SMILES string of the molecule is CC(C)c1ccc(C(N)C(C)(C)C)c(C(C)C)c1. The van der Waals surface area contributed by atoms with Gasteiger partial charge in [-0.2, -0.15) is 0 Å². The third-order valence-corrected chi connectivity index (χ3v) is 3.67. The van der Waals surface area contributed by atoms with E-state index < -0.39 is 0 Å². The van der Waals surface area contributed by atoms with Gasteiger partial charge in [-0.15, -0.1) is 0 Å². The fraction of sp³-hybridized carbons (Fsp3) is 0.647. The molecule has 1 atom stereocenters. The van der Waals surface area contributed by atoms with E-state index in [2.05, 4.69) is 66.7 Å². The quantitative estimate of drug-likeness (QED) is 0.801. The zero-order valence-electron chi connectivity index (χ0n) is 13.0. The minimum atomic E-state index is 0.0936. The van der Waals surface area contributed by atoms with Crippen molar-refractivity contribution in [2.24, 2.45) is 11.1 Å². The molecule has 1 rings (SSSR count). The molecule has 1 aromatic carbocycles. The van der Waals surface area contributed by atoms with Crippen molar-refractivity contribution in [1.82, 2.24) is 0 Å². The molecule has 2 N–H and O–H groups in total. The van der Waals surface area contributed by atoms with Gasteiger partial charge in [-0.25, -0.2) is 0 Å². The Labute approximate surface area is 113 Å². The van der Waals surface area contributed by atoms with Gasteiger partial charge < -0.3 is 5.73 Å². The van der Waals surface area contributed by atoms with Crippen LogP contribution in [-0.4, -0.2) is 0 Å². The molecular weight excluding hydrogens is 218 g/mol. The molecule has 0 radical (unpaired) electrons. The van der Waals surface area contributed by atoms with Crippen LogP contribution in [0.1, 0.15) is 83.0 Å². The Bertz CT molecular complexity index is 397. The maximum Gasteiger partial charge on any atom is 0.0346 e. The Morgan fingerprint density at radius 3 is 1.83 bits per heavy atom. The molecule has 0 aliphatic rings. The van der Waals surface area contributed by atoms with E-state index in [-0.39, 0.29) is 11.5 Å². The largest absolute Gasteiger partial charge is 0.324 e. The van der Waals surface area contributed by atoms with Gasteiger partial charge in [0, 0.05) is 6.04 Å². The van der Waals surface area contributed by atoms with Crippen LogP contribution < -0.4 is 5.73 Å². The lowest BCUT2D eigenvalue weighted by Crippen LogP contribution is -2.27. The van der Waals surface area contributed by atoms with Crippen molar-refractivity contribution in [3.8, 4) is 0 Å². The van der Waals surface area contributed by atoms with Gasteiger partial charge in [0.05, 0.1) is 0 Å². The Hall–Kier alpha value is -0.820. The van der Waals surface area contributed by atoms with Crippen LogP contribution in [0.5, 0.6) is 0 Å². The second-order valence-corrected chi connectivity index (χ2v) is 7.04. The van der Waals surface area contributed by atoms with E-state index in [0.717, 1.165) is 0 Å². The predicted octanol–water partition coefficient (Wildman–Crippen LogP) is 4.98. The topological polar surface area (TPSA) is 26.0 Å². The highest BCUT2D eigenvalue weighted by Crippen LogP contribution is 2.36. The van der Waals surface area contributed by atoms with Crippen molar-refractivity contribution in [2.45, 2.75) is 66.3 Å². The first kappa shape index (κ1) is 15.2. The highest BCUT2D eigenvalue weighted by Gasteiger charge is 2.25.